The van der Waals surface area contributed by atoms with Gasteiger partial charge in [-0.05, 0) is 24.3 Å². The van der Waals surface area contributed by atoms with E-state index in [1.807, 2.05) is 0 Å². The number of benzene rings is 2. The van der Waals surface area contributed by atoms with Crippen LogP contribution in [0.5, 0.6) is 0 Å². The third kappa shape index (κ3) is 2.94. The predicted octanol–water partition coefficient (Wildman–Crippen LogP) is 4.23. The van der Waals surface area contributed by atoms with Gasteiger partial charge in [-0.15, -0.1) is 0 Å². The number of hydrogen-bond acceptors (Lipinski definition) is 1. The van der Waals surface area contributed by atoms with Crippen LogP contribution < -0.4 is 5.32 Å². The normalized spacial score (nSPS) is 10.3. The molecule has 0 amide bonds. The minimum atomic E-state index is -0.495. The molecule has 0 bridgehead atoms. The van der Waals surface area contributed by atoms with Crippen molar-refractivity contribution >= 4 is 17.3 Å². The summed E-state index contributed by atoms with van der Waals surface area (Å²) in [5.74, 6) is -0.778. The molecule has 0 radical (unpaired) electrons. The van der Waals surface area contributed by atoms with Crippen molar-refractivity contribution < 1.29 is 8.78 Å². The Bertz CT molecular complexity index is 529. The molecule has 0 unspecified atom stereocenters. The van der Waals surface area contributed by atoms with Crippen molar-refractivity contribution in [3.05, 3.63) is 64.7 Å². The fourth-order valence-electron chi connectivity index (χ4n) is 1.45. The van der Waals surface area contributed by atoms with Gasteiger partial charge in [0.2, 0.25) is 0 Å². The van der Waals surface area contributed by atoms with Crippen LogP contribution in [0.25, 0.3) is 0 Å². The second kappa shape index (κ2) is 5.15. The van der Waals surface area contributed by atoms with E-state index in [4.69, 9.17) is 11.6 Å². The summed E-state index contributed by atoms with van der Waals surface area (Å²) >= 11 is 5.56. The van der Waals surface area contributed by atoms with Crippen LogP contribution in [0.4, 0.5) is 14.5 Å². The highest BCUT2D eigenvalue weighted by molar-refractivity contribution is 6.30. The van der Waals surface area contributed by atoms with Gasteiger partial charge in [0.1, 0.15) is 11.6 Å². The van der Waals surface area contributed by atoms with Gasteiger partial charge in [-0.2, -0.15) is 0 Å². The average molecular weight is 254 g/mol. The fraction of sp³-hybridized carbons (Fsp3) is 0.0769. The Balaban J connectivity index is 2.08. The van der Waals surface area contributed by atoms with E-state index in [1.165, 1.54) is 18.2 Å². The maximum absolute atomic E-state index is 13.3. The Hall–Kier alpha value is -1.61. The highest BCUT2D eigenvalue weighted by Crippen LogP contribution is 2.19. The summed E-state index contributed by atoms with van der Waals surface area (Å²) < 4.78 is 26.4. The monoisotopic (exact) mass is 253 g/mol. The molecule has 1 N–H and O–H groups in total. The molecule has 2 aromatic carbocycles. The Morgan fingerprint density at radius 3 is 2.47 bits per heavy atom. The number of hydrogen-bond donors (Lipinski definition) is 1. The number of rotatable bonds is 3. The maximum atomic E-state index is 13.3. The quantitative estimate of drug-likeness (QED) is 0.863. The second-order valence-electron chi connectivity index (χ2n) is 3.57. The van der Waals surface area contributed by atoms with Crippen LogP contribution in [0.3, 0.4) is 0 Å². The van der Waals surface area contributed by atoms with Gasteiger partial charge < -0.3 is 5.32 Å². The molecule has 0 saturated heterocycles. The standard InChI is InChI=1S/C13H10ClF2N/c14-11-6-5-10(7-13(11)16)17-8-9-3-1-2-4-12(9)15/h1-7,17H,8H2. The molecule has 0 atom stereocenters. The summed E-state index contributed by atoms with van der Waals surface area (Å²) in [6.07, 6.45) is 0. The van der Waals surface area contributed by atoms with Gasteiger partial charge in [-0.3, -0.25) is 0 Å². The predicted molar refractivity (Wildman–Crippen MR) is 65.1 cm³/mol. The number of nitrogens with one attached hydrogen (secondary N) is 1. The van der Waals surface area contributed by atoms with Crippen LogP contribution in [0.15, 0.2) is 42.5 Å². The maximum Gasteiger partial charge on any atom is 0.143 e. The minimum absolute atomic E-state index is 0.0708. The molecule has 88 valence electrons. The zero-order valence-corrected chi connectivity index (χ0v) is 9.64. The molecule has 17 heavy (non-hydrogen) atoms. The first-order chi connectivity index (χ1) is 8.16. The van der Waals surface area contributed by atoms with Gasteiger partial charge in [0, 0.05) is 17.8 Å². The lowest BCUT2D eigenvalue weighted by atomic mass is 10.2. The van der Waals surface area contributed by atoms with Crippen molar-refractivity contribution in [3.8, 4) is 0 Å². The van der Waals surface area contributed by atoms with Gasteiger partial charge in [-0.1, -0.05) is 29.8 Å². The lowest BCUT2D eigenvalue weighted by Gasteiger charge is -2.07. The summed E-state index contributed by atoms with van der Waals surface area (Å²) in [6, 6.07) is 10.8. The first-order valence-corrected chi connectivity index (χ1v) is 5.47. The Labute approximate surface area is 103 Å². The molecular weight excluding hydrogens is 244 g/mol. The second-order valence-corrected chi connectivity index (χ2v) is 3.98. The van der Waals surface area contributed by atoms with Gasteiger partial charge >= 0.3 is 0 Å². The Kier molecular flexibility index (Phi) is 3.59. The van der Waals surface area contributed by atoms with Crippen LogP contribution in [-0.4, -0.2) is 0 Å². The average Bonchev–Trinajstić information content (AvgIpc) is 2.32. The summed E-state index contributed by atoms with van der Waals surface area (Å²) in [7, 11) is 0. The minimum Gasteiger partial charge on any atom is -0.381 e. The van der Waals surface area contributed by atoms with Crippen LogP contribution in [-0.2, 0) is 6.54 Å². The molecular formula is C13H10ClF2N. The van der Waals surface area contributed by atoms with E-state index in [0.717, 1.165) is 0 Å². The lowest BCUT2D eigenvalue weighted by Crippen LogP contribution is -2.01. The highest BCUT2D eigenvalue weighted by Gasteiger charge is 2.03. The van der Waals surface area contributed by atoms with E-state index in [0.29, 0.717) is 17.8 Å². The zero-order valence-electron chi connectivity index (χ0n) is 8.88. The topological polar surface area (TPSA) is 12.0 Å². The van der Waals surface area contributed by atoms with Crippen molar-refractivity contribution in [1.82, 2.24) is 0 Å². The third-order valence-corrected chi connectivity index (χ3v) is 2.67. The van der Waals surface area contributed by atoms with Gasteiger partial charge in [0.15, 0.2) is 0 Å². The van der Waals surface area contributed by atoms with Crippen molar-refractivity contribution in [1.29, 1.82) is 0 Å². The largest absolute Gasteiger partial charge is 0.381 e. The molecule has 2 aromatic rings. The molecule has 0 aliphatic rings. The molecule has 0 saturated carbocycles. The summed E-state index contributed by atoms with van der Waals surface area (Å²) in [5.41, 5.74) is 1.10. The lowest BCUT2D eigenvalue weighted by molar-refractivity contribution is 0.612. The van der Waals surface area contributed by atoms with Gasteiger partial charge in [0.25, 0.3) is 0 Å². The first-order valence-electron chi connectivity index (χ1n) is 5.09. The molecule has 4 heteroatoms. The van der Waals surface area contributed by atoms with E-state index < -0.39 is 5.82 Å². The van der Waals surface area contributed by atoms with Crippen LogP contribution in [0.1, 0.15) is 5.56 Å². The van der Waals surface area contributed by atoms with E-state index >= 15 is 0 Å². The smallest absolute Gasteiger partial charge is 0.143 e. The SMILES string of the molecule is Fc1cc(NCc2ccccc2F)ccc1Cl. The molecule has 0 fully saturated rings. The third-order valence-electron chi connectivity index (χ3n) is 2.36. The first kappa shape index (κ1) is 11.9. The van der Waals surface area contributed by atoms with Gasteiger partial charge in [-0.25, -0.2) is 8.78 Å². The van der Waals surface area contributed by atoms with E-state index in [9.17, 15) is 8.78 Å². The molecule has 1 nitrogen and oxygen atoms in total. The Morgan fingerprint density at radius 1 is 1.00 bits per heavy atom. The van der Waals surface area contributed by atoms with Crippen molar-refractivity contribution in [2.45, 2.75) is 6.54 Å². The van der Waals surface area contributed by atoms with E-state index in [2.05, 4.69) is 5.32 Å². The van der Waals surface area contributed by atoms with Crippen LogP contribution in [0.2, 0.25) is 5.02 Å². The fourth-order valence-corrected chi connectivity index (χ4v) is 1.56. The molecule has 0 aromatic heterocycles. The van der Waals surface area contributed by atoms with Gasteiger partial charge in [0.05, 0.1) is 5.02 Å². The molecule has 0 heterocycles. The van der Waals surface area contributed by atoms with Crippen molar-refractivity contribution in [2.75, 3.05) is 5.32 Å². The number of anilines is 1. The van der Waals surface area contributed by atoms with Crippen LogP contribution >= 0.6 is 11.6 Å². The highest BCUT2D eigenvalue weighted by atomic mass is 35.5. The van der Waals surface area contributed by atoms with Crippen molar-refractivity contribution in [2.24, 2.45) is 0 Å². The summed E-state index contributed by atoms with van der Waals surface area (Å²) in [4.78, 5) is 0. The summed E-state index contributed by atoms with van der Waals surface area (Å²) in [5, 5.41) is 3.00. The zero-order chi connectivity index (χ0) is 12.3. The molecule has 0 aliphatic heterocycles. The number of halogens is 3. The Morgan fingerprint density at radius 2 is 1.76 bits per heavy atom. The molecule has 2 rings (SSSR count). The summed E-state index contributed by atoms with van der Waals surface area (Å²) in [6.45, 7) is 0.299. The van der Waals surface area contributed by atoms with Crippen LogP contribution in [0, 0.1) is 11.6 Å². The molecule has 0 aliphatic carbocycles. The van der Waals surface area contributed by atoms with E-state index in [-0.39, 0.29) is 10.8 Å². The molecule has 0 spiro atoms. The van der Waals surface area contributed by atoms with Crippen molar-refractivity contribution in [3.63, 3.8) is 0 Å². The van der Waals surface area contributed by atoms with E-state index in [1.54, 1.807) is 24.3 Å².